The minimum absolute atomic E-state index is 0.127. The molecule has 3 aromatic carbocycles. The highest BCUT2D eigenvalue weighted by Gasteiger charge is 2.51. The first-order chi connectivity index (χ1) is 20.5. The van der Waals surface area contributed by atoms with E-state index in [1.807, 2.05) is 66.7 Å². The van der Waals surface area contributed by atoms with Crippen molar-refractivity contribution in [1.29, 1.82) is 5.26 Å². The molecule has 1 spiro atoms. The van der Waals surface area contributed by atoms with Crippen molar-refractivity contribution < 1.29 is 19.1 Å². The Labute approximate surface area is 243 Å². The molecule has 0 radical (unpaired) electrons. The first-order valence-corrected chi connectivity index (χ1v) is 14.1. The fourth-order valence-corrected chi connectivity index (χ4v) is 5.74. The maximum Gasteiger partial charge on any atom is 0.254 e. The predicted molar refractivity (Wildman–Crippen MR) is 157 cm³/mol. The Morgan fingerprint density at radius 1 is 1.07 bits per heavy atom. The second kappa shape index (κ2) is 11.3. The smallest absolute Gasteiger partial charge is 0.254 e. The number of likely N-dealkylation sites (N-methyl/N-ethyl adjacent to an activating group) is 1. The lowest BCUT2D eigenvalue weighted by Gasteiger charge is -2.41. The van der Waals surface area contributed by atoms with E-state index in [0.717, 1.165) is 10.9 Å². The molecule has 1 aromatic heterocycles. The zero-order valence-electron chi connectivity index (χ0n) is 23.5. The SMILES string of the molecule is CN[C@@H](C)C(=O)N[C@@H]1C(=O)N(Cc2nn(-c3ccccc3C#N)c3ccccc23)c2ccccc2OC12CCOCC2. The molecule has 0 unspecified atom stereocenters. The molecule has 10 heteroatoms. The van der Waals surface area contributed by atoms with Gasteiger partial charge in [-0.05, 0) is 44.3 Å². The first-order valence-electron chi connectivity index (χ1n) is 14.1. The summed E-state index contributed by atoms with van der Waals surface area (Å²) in [6.45, 7) is 2.70. The Morgan fingerprint density at radius 3 is 2.52 bits per heavy atom. The van der Waals surface area contributed by atoms with Crippen molar-refractivity contribution in [3.8, 4) is 17.5 Å². The summed E-state index contributed by atoms with van der Waals surface area (Å²) < 4.78 is 14.1. The zero-order chi connectivity index (χ0) is 29.3. The number of fused-ring (bicyclic) bond motifs is 2. The number of hydrogen-bond donors (Lipinski definition) is 2. The quantitative estimate of drug-likeness (QED) is 0.368. The summed E-state index contributed by atoms with van der Waals surface area (Å²) in [4.78, 5) is 29.5. The van der Waals surface area contributed by atoms with Crippen LogP contribution in [0.25, 0.3) is 16.6 Å². The summed E-state index contributed by atoms with van der Waals surface area (Å²) in [7, 11) is 1.70. The number of benzene rings is 3. The minimum atomic E-state index is -0.976. The largest absolute Gasteiger partial charge is 0.482 e. The molecule has 10 nitrogen and oxygen atoms in total. The third-order valence-electron chi connectivity index (χ3n) is 8.18. The van der Waals surface area contributed by atoms with E-state index in [2.05, 4.69) is 16.7 Å². The molecule has 6 rings (SSSR count). The van der Waals surface area contributed by atoms with E-state index < -0.39 is 17.7 Å². The average molecular weight is 565 g/mol. The number of nitrogens with zero attached hydrogens (tertiary/aromatic N) is 4. The van der Waals surface area contributed by atoms with Gasteiger partial charge in [-0.15, -0.1) is 0 Å². The maximum atomic E-state index is 14.6. The van der Waals surface area contributed by atoms with E-state index in [-0.39, 0.29) is 18.4 Å². The van der Waals surface area contributed by atoms with Gasteiger partial charge in [0.25, 0.3) is 5.91 Å². The monoisotopic (exact) mass is 564 g/mol. The van der Waals surface area contributed by atoms with Crippen molar-refractivity contribution in [1.82, 2.24) is 20.4 Å². The van der Waals surface area contributed by atoms with Gasteiger partial charge in [-0.25, -0.2) is 4.68 Å². The molecule has 2 amide bonds. The molecule has 0 aliphatic carbocycles. The van der Waals surface area contributed by atoms with Crippen molar-refractivity contribution in [3.05, 3.63) is 84.1 Å². The molecule has 4 aromatic rings. The van der Waals surface area contributed by atoms with Crippen LogP contribution in [0, 0.1) is 11.3 Å². The van der Waals surface area contributed by atoms with Gasteiger partial charge in [-0.1, -0.05) is 42.5 Å². The van der Waals surface area contributed by atoms with E-state index in [1.165, 1.54) is 0 Å². The lowest BCUT2D eigenvalue weighted by atomic mass is 9.84. The molecule has 2 aliphatic heterocycles. The molecule has 1 saturated heterocycles. The summed E-state index contributed by atoms with van der Waals surface area (Å²) in [5.41, 5.74) is 2.23. The standard InChI is InChI=1S/C32H32N6O4/c1-21(34-2)30(39)35-29-31(40)37(27-13-7-8-14-28(27)42-32(29)15-17-41-18-16-32)20-24-23-10-4-6-12-26(23)38(36-24)25-11-5-3-9-22(25)19-33/h3-14,21,29,34H,15-18,20H2,1-2H3,(H,35,39)/t21-,29+/m0/s1. The third kappa shape index (κ3) is 4.76. The fraction of sp³-hybridized carbons (Fsp3) is 0.312. The van der Waals surface area contributed by atoms with Crippen molar-refractivity contribution >= 4 is 28.4 Å². The summed E-state index contributed by atoms with van der Waals surface area (Å²) in [6, 6.07) is 23.3. The summed E-state index contributed by atoms with van der Waals surface area (Å²) in [5.74, 6) is -0.0154. The van der Waals surface area contributed by atoms with Crippen LogP contribution in [0.5, 0.6) is 5.75 Å². The topological polar surface area (TPSA) is 122 Å². The highest BCUT2D eigenvalue weighted by molar-refractivity contribution is 6.02. The number of nitrogens with one attached hydrogen (secondary N) is 2. The number of amides is 2. The van der Waals surface area contributed by atoms with E-state index in [0.29, 0.717) is 54.4 Å². The van der Waals surface area contributed by atoms with Crippen LogP contribution in [0.15, 0.2) is 72.8 Å². The van der Waals surface area contributed by atoms with Crippen LogP contribution in [0.1, 0.15) is 31.0 Å². The van der Waals surface area contributed by atoms with Gasteiger partial charge in [0.1, 0.15) is 23.5 Å². The van der Waals surface area contributed by atoms with Crippen LogP contribution in [0.2, 0.25) is 0 Å². The van der Waals surface area contributed by atoms with Crippen LogP contribution >= 0.6 is 0 Å². The number of ether oxygens (including phenoxy) is 2. The summed E-state index contributed by atoms with van der Waals surface area (Å²) in [6.07, 6.45) is 0.893. The fourth-order valence-electron chi connectivity index (χ4n) is 5.74. The normalized spacial score (nSPS) is 18.5. The number of para-hydroxylation sites is 4. The molecule has 1 fully saturated rings. The van der Waals surface area contributed by atoms with Crippen LogP contribution in [-0.4, -0.2) is 59.5 Å². The molecule has 2 atom stereocenters. The van der Waals surface area contributed by atoms with Gasteiger partial charge in [-0.3, -0.25) is 9.59 Å². The molecule has 0 saturated carbocycles. The van der Waals surface area contributed by atoms with Gasteiger partial charge >= 0.3 is 0 Å². The van der Waals surface area contributed by atoms with Crippen LogP contribution < -0.4 is 20.3 Å². The second-order valence-corrected chi connectivity index (χ2v) is 10.6. The number of rotatable bonds is 6. The van der Waals surface area contributed by atoms with Gasteiger partial charge in [0.05, 0.1) is 53.9 Å². The summed E-state index contributed by atoms with van der Waals surface area (Å²) in [5, 5.41) is 21.5. The molecule has 2 aliphatic rings. The number of aromatic nitrogens is 2. The summed E-state index contributed by atoms with van der Waals surface area (Å²) >= 11 is 0. The van der Waals surface area contributed by atoms with Gasteiger partial charge < -0.3 is 25.0 Å². The van der Waals surface area contributed by atoms with E-state index in [4.69, 9.17) is 14.6 Å². The van der Waals surface area contributed by atoms with Crippen LogP contribution in [0.4, 0.5) is 5.69 Å². The lowest BCUT2D eigenvalue weighted by molar-refractivity contribution is -0.138. The van der Waals surface area contributed by atoms with E-state index in [1.54, 1.807) is 29.6 Å². The molecule has 3 heterocycles. The lowest BCUT2D eigenvalue weighted by Crippen LogP contribution is -2.65. The Bertz CT molecular complexity index is 1690. The molecule has 42 heavy (non-hydrogen) atoms. The number of anilines is 1. The average Bonchev–Trinajstić information content (AvgIpc) is 3.36. The number of nitriles is 1. The van der Waals surface area contributed by atoms with Gasteiger partial charge in [0.2, 0.25) is 5.91 Å². The predicted octanol–water partition coefficient (Wildman–Crippen LogP) is 3.46. The Morgan fingerprint density at radius 2 is 1.76 bits per heavy atom. The number of carbonyl (C=O) groups is 2. The van der Waals surface area contributed by atoms with Gasteiger partial charge in [-0.2, -0.15) is 10.4 Å². The Kier molecular flexibility index (Phi) is 7.37. The van der Waals surface area contributed by atoms with Crippen LogP contribution in [0.3, 0.4) is 0 Å². The number of carbonyl (C=O) groups excluding carboxylic acids is 2. The Hall–Kier alpha value is -4.72. The van der Waals surface area contributed by atoms with Crippen molar-refractivity contribution in [2.24, 2.45) is 0 Å². The molecular weight excluding hydrogens is 532 g/mol. The highest BCUT2D eigenvalue weighted by Crippen LogP contribution is 2.42. The zero-order valence-corrected chi connectivity index (χ0v) is 23.5. The van der Waals surface area contributed by atoms with E-state index in [9.17, 15) is 14.9 Å². The third-order valence-corrected chi connectivity index (χ3v) is 8.18. The Balaban J connectivity index is 1.47. The molecular formula is C32H32N6O4. The van der Waals surface area contributed by atoms with Gasteiger partial charge in [0.15, 0.2) is 0 Å². The van der Waals surface area contributed by atoms with Crippen molar-refractivity contribution in [2.75, 3.05) is 25.2 Å². The maximum absolute atomic E-state index is 14.6. The first kappa shape index (κ1) is 27.4. The molecule has 2 N–H and O–H groups in total. The molecule has 0 bridgehead atoms. The number of hydrogen-bond acceptors (Lipinski definition) is 7. The van der Waals surface area contributed by atoms with E-state index >= 15 is 0 Å². The second-order valence-electron chi connectivity index (χ2n) is 10.6. The molecule has 214 valence electrons. The van der Waals surface area contributed by atoms with Crippen LogP contribution in [-0.2, 0) is 20.9 Å². The van der Waals surface area contributed by atoms with Crippen molar-refractivity contribution in [3.63, 3.8) is 0 Å². The van der Waals surface area contributed by atoms with Gasteiger partial charge in [0, 0.05) is 18.2 Å². The highest BCUT2D eigenvalue weighted by atomic mass is 16.5. The minimum Gasteiger partial charge on any atom is -0.482 e. The van der Waals surface area contributed by atoms with Crippen molar-refractivity contribution in [2.45, 2.75) is 44.0 Å².